The first-order valence-corrected chi connectivity index (χ1v) is 4.92. The predicted octanol–water partition coefficient (Wildman–Crippen LogP) is 0.293. The highest BCUT2D eigenvalue weighted by Crippen LogP contribution is 2.14. The smallest absolute Gasteiger partial charge is 0.306 e. The number of alkyl halides is 1. The quantitative estimate of drug-likeness (QED) is 0.406. The third kappa shape index (κ3) is 5.77. The fraction of sp³-hybridized carbons (Fsp3) is 0.800. The van der Waals surface area contributed by atoms with Crippen molar-refractivity contribution in [3.8, 4) is 0 Å². The lowest BCUT2D eigenvalue weighted by atomic mass is 10.1. The SMILES string of the molecule is CC(C)(C)OC(=O)CCC(O)C(N)(F)C=O. The molecule has 0 radical (unpaired) electrons. The fourth-order valence-corrected chi connectivity index (χ4v) is 0.947. The summed E-state index contributed by atoms with van der Waals surface area (Å²) in [5, 5.41) is 9.19. The highest BCUT2D eigenvalue weighted by Gasteiger charge is 2.33. The molecule has 0 fully saturated rings. The van der Waals surface area contributed by atoms with E-state index in [4.69, 9.17) is 10.5 Å². The van der Waals surface area contributed by atoms with Crippen molar-refractivity contribution in [1.29, 1.82) is 0 Å². The van der Waals surface area contributed by atoms with E-state index in [2.05, 4.69) is 0 Å². The van der Waals surface area contributed by atoms with E-state index in [1.807, 2.05) is 0 Å². The van der Waals surface area contributed by atoms with E-state index in [1.54, 1.807) is 20.8 Å². The zero-order valence-corrected chi connectivity index (χ0v) is 9.70. The van der Waals surface area contributed by atoms with E-state index in [9.17, 15) is 19.1 Å². The van der Waals surface area contributed by atoms with Crippen LogP contribution in [0.2, 0.25) is 0 Å². The number of nitrogens with two attached hydrogens (primary N) is 1. The van der Waals surface area contributed by atoms with Gasteiger partial charge in [-0.1, -0.05) is 0 Å². The first kappa shape index (κ1) is 15.0. The Hall–Kier alpha value is -1.01. The van der Waals surface area contributed by atoms with Crippen LogP contribution in [0.5, 0.6) is 0 Å². The number of rotatable bonds is 5. The minimum Gasteiger partial charge on any atom is -0.460 e. The van der Waals surface area contributed by atoms with Crippen LogP contribution in [-0.4, -0.2) is 34.9 Å². The van der Waals surface area contributed by atoms with Crippen LogP contribution >= 0.6 is 0 Å². The monoisotopic (exact) mass is 235 g/mol. The number of ether oxygens (including phenoxy) is 1. The fourth-order valence-electron chi connectivity index (χ4n) is 0.947. The van der Waals surface area contributed by atoms with E-state index >= 15 is 0 Å². The van der Waals surface area contributed by atoms with Crippen molar-refractivity contribution >= 4 is 12.3 Å². The number of hydrogen-bond acceptors (Lipinski definition) is 5. The van der Waals surface area contributed by atoms with Crippen molar-refractivity contribution in [2.75, 3.05) is 0 Å². The molecule has 2 atom stereocenters. The minimum atomic E-state index is -2.82. The average Bonchev–Trinajstić information content (AvgIpc) is 2.11. The summed E-state index contributed by atoms with van der Waals surface area (Å²) >= 11 is 0. The van der Waals surface area contributed by atoms with Crippen LogP contribution in [-0.2, 0) is 14.3 Å². The zero-order valence-electron chi connectivity index (χ0n) is 9.70. The maximum atomic E-state index is 13.0. The van der Waals surface area contributed by atoms with E-state index in [0.717, 1.165) is 0 Å². The van der Waals surface area contributed by atoms with Crippen LogP contribution in [0.25, 0.3) is 0 Å². The molecular weight excluding hydrogens is 217 g/mol. The Labute approximate surface area is 93.8 Å². The Morgan fingerprint density at radius 3 is 2.44 bits per heavy atom. The van der Waals surface area contributed by atoms with E-state index in [0.29, 0.717) is 0 Å². The number of aliphatic hydroxyl groups is 1. The zero-order chi connectivity index (χ0) is 13.0. The second-order valence-electron chi connectivity index (χ2n) is 4.59. The lowest BCUT2D eigenvalue weighted by Gasteiger charge is -2.22. The largest absolute Gasteiger partial charge is 0.460 e. The molecule has 3 N–H and O–H groups in total. The van der Waals surface area contributed by atoms with Crippen molar-refractivity contribution < 1.29 is 23.8 Å². The number of carbonyl (C=O) groups is 2. The van der Waals surface area contributed by atoms with E-state index < -0.39 is 23.5 Å². The van der Waals surface area contributed by atoms with E-state index in [1.165, 1.54) is 0 Å². The predicted molar refractivity (Wildman–Crippen MR) is 55.2 cm³/mol. The standard InChI is InChI=1S/C10H18FNO4/c1-9(2,3)16-8(15)5-4-7(14)10(11,12)6-13/h6-7,14H,4-5,12H2,1-3H3. The van der Waals surface area contributed by atoms with Gasteiger partial charge in [0.1, 0.15) is 11.7 Å². The van der Waals surface area contributed by atoms with Gasteiger partial charge in [-0.2, -0.15) is 0 Å². The molecule has 16 heavy (non-hydrogen) atoms. The van der Waals surface area contributed by atoms with Gasteiger partial charge in [0.25, 0.3) is 0 Å². The molecule has 6 heteroatoms. The Morgan fingerprint density at radius 1 is 1.56 bits per heavy atom. The van der Waals surface area contributed by atoms with Crippen LogP contribution in [0.3, 0.4) is 0 Å². The number of halogens is 1. The van der Waals surface area contributed by atoms with Crippen molar-refractivity contribution in [3.05, 3.63) is 0 Å². The third-order valence-electron chi connectivity index (χ3n) is 1.73. The van der Waals surface area contributed by atoms with Crippen LogP contribution in [0.15, 0.2) is 0 Å². The molecule has 0 rings (SSSR count). The summed E-state index contributed by atoms with van der Waals surface area (Å²) in [6, 6.07) is 0. The van der Waals surface area contributed by atoms with Gasteiger partial charge in [0, 0.05) is 6.42 Å². The summed E-state index contributed by atoms with van der Waals surface area (Å²) in [7, 11) is 0. The van der Waals surface area contributed by atoms with Gasteiger partial charge in [-0.15, -0.1) is 0 Å². The number of aldehydes is 1. The van der Waals surface area contributed by atoms with Gasteiger partial charge in [0.2, 0.25) is 5.79 Å². The lowest BCUT2D eigenvalue weighted by molar-refractivity contribution is -0.156. The van der Waals surface area contributed by atoms with Crippen LogP contribution < -0.4 is 5.73 Å². The molecule has 2 unspecified atom stereocenters. The van der Waals surface area contributed by atoms with Gasteiger partial charge >= 0.3 is 5.97 Å². The summed E-state index contributed by atoms with van der Waals surface area (Å²) in [4.78, 5) is 21.4. The Morgan fingerprint density at radius 2 is 2.06 bits per heavy atom. The topological polar surface area (TPSA) is 89.6 Å². The summed E-state index contributed by atoms with van der Waals surface area (Å²) in [6.07, 6.45) is -2.36. The summed E-state index contributed by atoms with van der Waals surface area (Å²) in [5.74, 6) is -3.39. The Bertz CT molecular complexity index is 260. The second-order valence-corrected chi connectivity index (χ2v) is 4.59. The van der Waals surface area contributed by atoms with Crippen molar-refractivity contribution in [2.45, 2.75) is 51.1 Å². The highest BCUT2D eigenvalue weighted by atomic mass is 19.1. The molecule has 0 aliphatic carbocycles. The van der Waals surface area contributed by atoms with Gasteiger partial charge in [-0.3, -0.25) is 15.3 Å². The summed E-state index contributed by atoms with van der Waals surface area (Å²) in [6.45, 7) is 5.07. The number of hydrogen-bond donors (Lipinski definition) is 2. The van der Waals surface area contributed by atoms with Gasteiger partial charge in [0.05, 0.1) is 0 Å². The summed E-state index contributed by atoms with van der Waals surface area (Å²) in [5.41, 5.74) is 4.20. The molecule has 0 aromatic carbocycles. The first-order chi connectivity index (χ1) is 7.08. The Kier molecular flexibility index (Phi) is 5.02. The maximum Gasteiger partial charge on any atom is 0.306 e. The Balaban J connectivity index is 4.07. The van der Waals surface area contributed by atoms with Crippen LogP contribution in [0, 0.1) is 0 Å². The normalized spacial score (nSPS) is 17.4. The molecule has 0 aliphatic heterocycles. The second kappa shape index (κ2) is 5.36. The van der Waals surface area contributed by atoms with Crippen molar-refractivity contribution in [1.82, 2.24) is 0 Å². The molecular formula is C10H18FNO4. The van der Waals surface area contributed by atoms with E-state index in [-0.39, 0.29) is 19.1 Å². The maximum absolute atomic E-state index is 13.0. The van der Waals surface area contributed by atoms with Gasteiger partial charge < -0.3 is 9.84 Å². The van der Waals surface area contributed by atoms with Crippen LogP contribution in [0.1, 0.15) is 33.6 Å². The molecule has 0 amide bonds. The molecule has 0 spiro atoms. The molecule has 0 heterocycles. The number of carbonyl (C=O) groups excluding carboxylic acids is 2. The van der Waals surface area contributed by atoms with Crippen molar-refractivity contribution in [3.63, 3.8) is 0 Å². The molecule has 5 nitrogen and oxygen atoms in total. The highest BCUT2D eigenvalue weighted by molar-refractivity contribution is 5.70. The summed E-state index contributed by atoms with van der Waals surface area (Å²) < 4.78 is 17.9. The molecule has 0 bridgehead atoms. The molecule has 94 valence electrons. The van der Waals surface area contributed by atoms with Crippen LogP contribution in [0.4, 0.5) is 4.39 Å². The van der Waals surface area contributed by atoms with Gasteiger partial charge in [-0.25, -0.2) is 4.39 Å². The number of aliphatic hydroxyl groups excluding tert-OH is 1. The first-order valence-electron chi connectivity index (χ1n) is 4.92. The van der Waals surface area contributed by atoms with Crippen molar-refractivity contribution in [2.24, 2.45) is 5.73 Å². The lowest BCUT2D eigenvalue weighted by Crippen LogP contribution is -2.48. The molecule has 0 aliphatic rings. The molecule has 0 saturated carbocycles. The molecule has 0 saturated heterocycles. The third-order valence-corrected chi connectivity index (χ3v) is 1.73. The molecule has 0 aromatic heterocycles. The molecule has 0 aromatic rings. The minimum absolute atomic E-state index is 0.188. The average molecular weight is 235 g/mol. The van der Waals surface area contributed by atoms with Gasteiger partial charge in [0.15, 0.2) is 6.29 Å². The number of esters is 1. The van der Waals surface area contributed by atoms with Gasteiger partial charge in [-0.05, 0) is 27.2 Å².